The van der Waals surface area contributed by atoms with Crippen LogP contribution in [0.2, 0.25) is 0 Å². The average Bonchev–Trinajstić information content (AvgIpc) is 2.62. The Balaban J connectivity index is 2.20. The maximum absolute atomic E-state index is 4.03. The van der Waals surface area contributed by atoms with Crippen LogP contribution in [0.5, 0.6) is 0 Å². The van der Waals surface area contributed by atoms with E-state index in [1.807, 2.05) is 0 Å². The first-order valence-electron chi connectivity index (χ1n) is 4.78. The van der Waals surface area contributed by atoms with Gasteiger partial charge in [0.25, 0.3) is 0 Å². The van der Waals surface area contributed by atoms with Crippen molar-refractivity contribution in [2.45, 2.75) is 30.6 Å². The average molecular weight is 243 g/mol. The van der Waals surface area contributed by atoms with Crippen molar-refractivity contribution in [2.75, 3.05) is 12.3 Å². The van der Waals surface area contributed by atoms with Crippen LogP contribution in [0.1, 0.15) is 20.8 Å². The molecule has 1 rings (SSSR count). The molecule has 5 heteroatoms. The molecule has 15 heavy (non-hydrogen) atoms. The molecular formula is C10H17N3S2. The summed E-state index contributed by atoms with van der Waals surface area (Å²) in [5.74, 6) is 0.901. The van der Waals surface area contributed by atoms with Crippen LogP contribution in [-0.2, 0) is 0 Å². The third-order valence-corrected chi connectivity index (χ3v) is 3.61. The van der Waals surface area contributed by atoms with Gasteiger partial charge in [-0.3, -0.25) is 0 Å². The van der Waals surface area contributed by atoms with Crippen molar-refractivity contribution >= 4 is 23.1 Å². The van der Waals surface area contributed by atoms with Crippen molar-refractivity contribution in [1.82, 2.24) is 15.5 Å². The van der Waals surface area contributed by atoms with E-state index in [9.17, 15) is 0 Å². The highest BCUT2D eigenvalue weighted by atomic mass is 32.2. The van der Waals surface area contributed by atoms with Gasteiger partial charge in [-0.1, -0.05) is 35.3 Å². The van der Waals surface area contributed by atoms with Gasteiger partial charge in [-0.15, -0.1) is 10.2 Å². The largest absolute Gasteiger partial charge is 0.308 e. The SMILES string of the molecule is C=C(CNC(C)(C)C)CSc1nncs1. The molecule has 3 nitrogen and oxygen atoms in total. The van der Waals surface area contributed by atoms with Gasteiger partial charge in [0, 0.05) is 17.8 Å². The van der Waals surface area contributed by atoms with E-state index < -0.39 is 0 Å². The summed E-state index contributed by atoms with van der Waals surface area (Å²) in [4.78, 5) is 0. The van der Waals surface area contributed by atoms with Gasteiger partial charge in [0.15, 0.2) is 4.34 Å². The number of rotatable bonds is 5. The molecule has 1 heterocycles. The monoisotopic (exact) mass is 243 g/mol. The number of thioether (sulfide) groups is 1. The molecule has 0 unspecified atom stereocenters. The quantitative estimate of drug-likeness (QED) is 0.637. The van der Waals surface area contributed by atoms with Crippen LogP contribution >= 0.6 is 23.1 Å². The molecule has 0 spiro atoms. The van der Waals surface area contributed by atoms with E-state index in [0.717, 1.165) is 16.6 Å². The first-order valence-corrected chi connectivity index (χ1v) is 6.64. The lowest BCUT2D eigenvalue weighted by Crippen LogP contribution is -2.37. The Hall–Kier alpha value is -0.390. The molecule has 0 aliphatic carbocycles. The van der Waals surface area contributed by atoms with Gasteiger partial charge in [0.1, 0.15) is 5.51 Å². The van der Waals surface area contributed by atoms with Gasteiger partial charge < -0.3 is 5.32 Å². The molecule has 0 saturated carbocycles. The second-order valence-corrected chi connectivity index (χ2v) is 6.40. The number of hydrogen-bond donors (Lipinski definition) is 1. The molecule has 0 saturated heterocycles. The summed E-state index contributed by atoms with van der Waals surface area (Å²) in [6.45, 7) is 11.3. The van der Waals surface area contributed by atoms with Crippen molar-refractivity contribution in [3.63, 3.8) is 0 Å². The van der Waals surface area contributed by atoms with E-state index >= 15 is 0 Å². The van der Waals surface area contributed by atoms with Gasteiger partial charge >= 0.3 is 0 Å². The number of hydrogen-bond acceptors (Lipinski definition) is 5. The van der Waals surface area contributed by atoms with E-state index in [1.54, 1.807) is 28.6 Å². The van der Waals surface area contributed by atoms with Crippen LogP contribution in [0.4, 0.5) is 0 Å². The molecule has 0 amide bonds. The van der Waals surface area contributed by atoms with E-state index in [2.05, 4.69) is 42.9 Å². The molecule has 1 N–H and O–H groups in total. The lowest BCUT2D eigenvalue weighted by Gasteiger charge is -2.21. The summed E-state index contributed by atoms with van der Waals surface area (Å²) in [6, 6.07) is 0. The van der Waals surface area contributed by atoms with Gasteiger partial charge in [-0.05, 0) is 20.8 Å². The Kier molecular flexibility index (Phi) is 4.76. The predicted octanol–water partition coefficient (Wildman–Crippen LogP) is 2.57. The van der Waals surface area contributed by atoms with Crippen molar-refractivity contribution in [1.29, 1.82) is 0 Å². The van der Waals surface area contributed by atoms with E-state index in [0.29, 0.717) is 0 Å². The zero-order valence-electron chi connectivity index (χ0n) is 9.41. The normalized spacial score (nSPS) is 11.7. The van der Waals surface area contributed by atoms with Gasteiger partial charge in [-0.2, -0.15) is 0 Å². The molecular weight excluding hydrogens is 226 g/mol. The van der Waals surface area contributed by atoms with Crippen LogP contribution in [0.3, 0.4) is 0 Å². The molecule has 0 atom stereocenters. The first-order chi connectivity index (χ1) is 6.97. The fourth-order valence-corrected chi connectivity index (χ4v) is 2.22. The second-order valence-electron chi connectivity index (χ2n) is 4.35. The highest BCUT2D eigenvalue weighted by molar-refractivity contribution is 8.01. The minimum absolute atomic E-state index is 0.149. The Bertz CT molecular complexity index is 301. The summed E-state index contributed by atoms with van der Waals surface area (Å²) in [7, 11) is 0. The number of nitrogens with zero attached hydrogens (tertiary/aromatic N) is 2. The molecule has 0 bridgehead atoms. The predicted molar refractivity (Wildman–Crippen MR) is 67.5 cm³/mol. The molecule has 0 aliphatic rings. The van der Waals surface area contributed by atoms with Crippen molar-refractivity contribution < 1.29 is 0 Å². The van der Waals surface area contributed by atoms with Crippen LogP contribution in [-0.4, -0.2) is 28.0 Å². The number of aromatic nitrogens is 2. The molecule has 0 aromatic carbocycles. The third kappa shape index (κ3) is 5.92. The third-order valence-electron chi connectivity index (χ3n) is 1.61. The summed E-state index contributed by atoms with van der Waals surface area (Å²) < 4.78 is 1.01. The zero-order valence-corrected chi connectivity index (χ0v) is 11.0. The second kappa shape index (κ2) is 5.63. The smallest absolute Gasteiger partial charge is 0.174 e. The van der Waals surface area contributed by atoms with E-state index in [4.69, 9.17) is 0 Å². The number of nitrogens with one attached hydrogen (secondary N) is 1. The highest BCUT2D eigenvalue weighted by Crippen LogP contribution is 2.20. The molecule has 0 fully saturated rings. The van der Waals surface area contributed by atoms with Gasteiger partial charge in [-0.25, -0.2) is 0 Å². The van der Waals surface area contributed by atoms with E-state index in [-0.39, 0.29) is 5.54 Å². The maximum Gasteiger partial charge on any atom is 0.174 e. The minimum atomic E-state index is 0.149. The van der Waals surface area contributed by atoms with E-state index in [1.165, 1.54) is 5.57 Å². The molecule has 1 aromatic heterocycles. The highest BCUT2D eigenvalue weighted by Gasteiger charge is 2.09. The van der Waals surface area contributed by atoms with Crippen molar-refractivity contribution in [3.8, 4) is 0 Å². The van der Waals surface area contributed by atoms with Crippen LogP contribution in [0.25, 0.3) is 0 Å². The fourth-order valence-electron chi connectivity index (χ4n) is 0.831. The van der Waals surface area contributed by atoms with Crippen LogP contribution < -0.4 is 5.32 Å². The molecule has 0 radical (unpaired) electrons. The lowest BCUT2D eigenvalue weighted by atomic mass is 10.1. The molecule has 1 aromatic rings. The Morgan fingerprint density at radius 1 is 1.60 bits per heavy atom. The standard InChI is InChI=1S/C10H17N3S2/c1-8(5-11-10(2,3)4)6-14-9-13-12-7-15-9/h7,11H,1,5-6H2,2-4H3. The topological polar surface area (TPSA) is 37.8 Å². The summed E-state index contributed by atoms with van der Waals surface area (Å²) >= 11 is 3.26. The van der Waals surface area contributed by atoms with Gasteiger partial charge in [0.2, 0.25) is 0 Å². The summed E-state index contributed by atoms with van der Waals surface area (Å²) in [5, 5.41) is 11.2. The fraction of sp³-hybridized carbons (Fsp3) is 0.600. The van der Waals surface area contributed by atoms with Crippen molar-refractivity contribution in [3.05, 3.63) is 17.7 Å². The zero-order chi connectivity index (χ0) is 11.3. The van der Waals surface area contributed by atoms with Crippen LogP contribution in [0.15, 0.2) is 22.0 Å². The Morgan fingerprint density at radius 2 is 2.33 bits per heavy atom. The minimum Gasteiger partial charge on any atom is -0.308 e. The van der Waals surface area contributed by atoms with Gasteiger partial charge in [0.05, 0.1) is 0 Å². The maximum atomic E-state index is 4.03. The Labute approximate surface area is 99.4 Å². The summed E-state index contributed by atoms with van der Waals surface area (Å²) in [5.41, 5.74) is 3.08. The van der Waals surface area contributed by atoms with Crippen LogP contribution in [0, 0.1) is 0 Å². The molecule has 84 valence electrons. The molecule has 0 aliphatic heterocycles. The Morgan fingerprint density at radius 3 is 2.87 bits per heavy atom. The van der Waals surface area contributed by atoms with Crippen molar-refractivity contribution in [2.24, 2.45) is 0 Å². The first kappa shape index (κ1) is 12.7. The lowest BCUT2D eigenvalue weighted by molar-refractivity contribution is 0.445. The summed E-state index contributed by atoms with van der Waals surface area (Å²) in [6.07, 6.45) is 0.